The minimum absolute atomic E-state index is 0.0564. The summed E-state index contributed by atoms with van der Waals surface area (Å²) in [6, 6.07) is 12.2. The molecule has 0 aliphatic heterocycles. The van der Waals surface area contributed by atoms with Crippen molar-refractivity contribution in [3.05, 3.63) is 53.3 Å². The van der Waals surface area contributed by atoms with Gasteiger partial charge in [-0.15, -0.1) is 0 Å². The van der Waals surface area contributed by atoms with Crippen molar-refractivity contribution in [2.75, 3.05) is 0 Å². The fourth-order valence-corrected chi connectivity index (χ4v) is 1.63. The highest BCUT2D eigenvalue weighted by atomic mass is 19.1. The molecule has 2 aromatic carbocycles. The van der Waals surface area contributed by atoms with Crippen LogP contribution < -0.4 is 0 Å². The van der Waals surface area contributed by atoms with E-state index in [1.165, 1.54) is 30.3 Å². The molecule has 4 heteroatoms. The van der Waals surface area contributed by atoms with Crippen LogP contribution in [0.4, 0.5) is 4.39 Å². The average molecular weight is 238 g/mol. The summed E-state index contributed by atoms with van der Waals surface area (Å²) in [6.07, 6.45) is 0. The first-order chi connectivity index (χ1) is 8.67. The second kappa shape index (κ2) is 4.57. The number of aromatic hydroxyl groups is 1. The molecule has 0 spiro atoms. The molecule has 0 radical (unpaired) electrons. The highest BCUT2D eigenvalue weighted by Gasteiger charge is 2.11. The Labute approximate surface area is 103 Å². The molecule has 86 valence electrons. The number of phenolic OH excluding ortho intramolecular Hbond substituents is 1. The Morgan fingerprint density at radius 2 is 1.72 bits per heavy atom. The van der Waals surface area contributed by atoms with Gasteiger partial charge in [0.25, 0.3) is 0 Å². The Balaban J connectivity index is 2.64. The van der Waals surface area contributed by atoms with E-state index in [0.29, 0.717) is 5.56 Å². The van der Waals surface area contributed by atoms with Gasteiger partial charge in [-0.3, -0.25) is 0 Å². The summed E-state index contributed by atoms with van der Waals surface area (Å²) in [5, 5.41) is 26.9. The summed E-state index contributed by atoms with van der Waals surface area (Å²) in [5.74, 6) is -0.785. The zero-order valence-corrected chi connectivity index (χ0v) is 9.18. The number of phenols is 1. The first kappa shape index (κ1) is 11.6. The van der Waals surface area contributed by atoms with Crippen LogP contribution in [0.15, 0.2) is 36.4 Å². The zero-order chi connectivity index (χ0) is 13.1. The van der Waals surface area contributed by atoms with Gasteiger partial charge in [0.15, 0.2) is 0 Å². The van der Waals surface area contributed by atoms with E-state index in [1.54, 1.807) is 12.1 Å². The molecule has 0 aliphatic carbocycles. The molecular formula is C14H7FN2O. The molecule has 0 saturated heterocycles. The van der Waals surface area contributed by atoms with Gasteiger partial charge in [0.05, 0.1) is 11.1 Å². The summed E-state index contributed by atoms with van der Waals surface area (Å²) in [4.78, 5) is 0. The molecule has 0 fully saturated rings. The van der Waals surface area contributed by atoms with Crippen molar-refractivity contribution in [3.63, 3.8) is 0 Å². The van der Waals surface area contributed by atoms with Crippen LogP contribution in [0.3, 0.4) is 0 Å². The van der Waals surface area contributed by atoms with Gasteiger partial charge in [-0.1, -0.05) is 18.2 Å². The maximum absolute atomic E-state index is 13.9. The predicted molar refractivity (Wildman–Crippen MR) is 62.9 cm³/mol. The van der Waals surface area contributed by atoms with Crippen LogP contribution in [0.1, 0.15) is 11.1 Å². The van der Waals surface area contributed by atoms with E-state index in [-0.39, 0.29) is 22.4 Å². The fourth-order valence-electron chi connectivity index (χ4n) is 1.63. The van der Waals surface area contributed by atoms with E-state index in [1.807, 2.05) is 6.07 Å². The molecule has 2 aromatic rings. The lowest BCUT2D eigenvalue weighted by atomic mass is 10.0. The maximum atomic E-state index is 13.9. The minimum Gasteiger partial charge on any atom is -0.507 e. The third-order valence-corrected chi connectivity index (χ3v) is 2.55. The first-order valence-electron chi connectivity index (χ1n) is 5.09. The van der Waals surface area contributed by atoms with Crippen LogP contribution in [-0.4, -0.2) is 5.11 Å². The van der Waals surface area contributed by atoms with Crippen molar-refractivity contribution in [1.82, 2.24) is 0 Å². The van der Waals surface area contributed by atoms with Crippen LogP contribution in [0.25, 0.3) is 11.1 Å². The van der Waals surface area contributed by atoms with Gasteiger partial charge >= 0.3 is 0 Å². The summed E-state index contributed by atoms with van der Waals surface area (Å²) in [5.41, 5.74) is 0.679. The number of hydrogen-bond acceptors (Lipinski definition) is 3. The van der Waals surface area contributed by atoms with Gasteiger partial charge in [-0.25, -0.2) is 4.39 Å². The quantitative estimate of drug-likeness (QED) is 0.830. The van der Waals surface area contributed by atoms with Crippen LogP contribution >= 0.6 is 0 Å². The molecule has 0 aromatic heterocycles. The van der Waals surface area contributed by atoms with Gasteiger partial charge < -0.3 is 5.11 Å². The third kappa shape index (κ3) is 1.88. The lowest BCUT2D eigenvalue weighted by molar-refractivity contribution is 0.473. The monoisotopic (exact) mass is 238 g/mol. The Morgan fingerprint density at radius 1 is 1.00 bits per heavy atom. The van der Waals surface area contributed by atoms with Gasteiger partial charge in [-0.2, -0.15) is 10.5 Å². The molecule has 0 amide bonds. The van der Waals surface area contributed by atoms with Crippen LogP contribution in [-0.2, 0) is 0 Å². The Bertz CT molecular complexity index is 696. The zero-order valence-electron chi connectivity index (χ0n) is 9.18. The second-order valence-electron chi connectivity index (χ2n) is 3.62. The van der Waals surface area contributed by atoms with E-state index in [4.69, 9.17) is 10.5 Å². The summed E-state index contributed by atoms with van der Waals surface area (Å²) < 4.78 is 13.9. The normalized spacial score (nSPS) is 9.50. The molecule has 3 nitrogen and oxygen atoms in total. The van der Waals surface area contributed by atoms with Crippen LogP contribution in [0.5, 0.6) is 5.75 Å². The molecule has 0 heterocycles. The van der Waals surface area contributed by atoms with Crippen molar-refractivity contribution >= 4 is 0 Å². The Morgan fingerprint density at radius 3 is 2.39 bits per heavy atom. The number of nitriles is 2. The topological polar surface area (TPSA) is 67.8 Å². The largest absolute Gasteiger partial charge is 0.507 e. The van der Waals surface area contributed by atoms with E-state index in [2.05, 4.69) is 0 Å². The second-order valence-corrected chi connectivity index (χ2v) is 3.62. The number of nitrogens with zero attached hydrogens (tertiary/aromatic N) is 2. The molecule has 0 unspecified atom stereocenters. The van der Waals surface area contributed by atoms with Crippen molar-refractivity contribution in [3.8, 4) is 29.0 Å². The fraction of sp³-hybridized carbons (Fsp3) is 0. The standard InChI is InChI=1S/C14H7FN2O/c15-14-10(7-16)2-1-3-12(14)9-4-5-13(18)11(6-9)8-17/h1-6,18H. The van der Waals surface area contributed by atoms with E-state index in [9.17, 15) is 9.50 Å². The van der Waals surface area contributed by atoms with Crippen molar-refractivity contribution in [2.45, 2.75) is 0 Å². The lowest BCUT2D eigenvalue weighted by Crippen LogP contribution is -1.90. The number of hydrogen-bond donors (Lipinski definition) is 1. The average Bonchev–Trinajstić information content (AvgIpc) is 2.40. The highest BCUT2D eigenvalue weighted by molar-refractivity contribution is 5.69. The highest BCUT2D eigenvalue weighted by Crippen LogP contribution is 2.28. The lowest BCUT2D eigenvalue weighted by Gasteiger charge is -2.05. The SMILES string of the molecule is N#Cc1cc(-c2cccc(C#N)c2F)ccc1O. The molecule has 0 aliphatic rings. The minimum atomic E-state index is -0.630. The Hall–Kier alpha value is -2.85. The number of rotatable bonds is 1. The van der Waals surface area contributed by atoms with Crippen molar-refractivity contribution < 1.29 is 9.50 Å². The molecular weight excluding hydrogens is 231 g/mol. The van der Waals surface area contributed by atoms with Crippen molar-refractivity contribution in [1.29, 1.82) is 10.5 Å². The van der Waals surface area contributed by atoms with E-state index >= 15 is 0 Å². The molecule has 18 heavy (non-hydrogen) atoms. The molecule has 0 bridgehead atoms. The predicted octanol–water partition coefficient (Wildman–Crippen LogP) is 2.94. The molecule has 0 saturated carbocycles. The van der Waals surface area contributed by atoms with Gasteiger partial charge in [-0.05, 0) is 23.8 Å². The summed E-state index contributed by atoms with van der Waals surface area (Å²) >= 11 is 0. The smallest absolute Gasteiger partial charge is 0.148 e. The van der Waals surface area contributed by atoms with Gasteiger partial charge in [0.2, 0.25) is 0 Å². The first-order valence-corrected chi connectivity index (χ1v) is 5.09. The maximum Gasteiger partial charge on any atom is 0.148 e. The number of halogens is 1. The van der Waals surface area contributed by atoms with Gasteiger partial charge in [0, 0.05) is 5.56 Å². The molecule has 0 atom stereocenters. The van der Waals surface area contributed by atoms with Crippen LogP contribution in [0, 0.1) is 28.5 Å². The Kier molecular flexibility index (Phi) is 2.95. The van der Waals surface area contributed by atoms with Crippen LogP contribution in [0.2, 0.25) is 0 Å². The van der Waals surface area contributed by atoms with Gasteiger partial charge in [0.1, 0.15) is 23.7 Å². The third-order valence-electron chi connectivity index (χ3n) is 2.55. The van der Waals surface area contributed by atoms with E-state index < -0.39 is 5.82 Å². The molecule has 2 rings (SSSR count). The summed E-state index contributed by atoms with van der Waals surface area (Å²) in [6.45, 7) is 0. The van der Waals surface area contributed by atoms with Crippen molar-refractivity contribution in [2.24, 2.45) is 0 Å². The van der Waals surface area contributed by atoms with E-state index in [0.717, 1.165) is 0 Å². The summed E-state index contributed by atoms with van der Waals surface area (Å²) in [7, 11) is 0. The number of benzene rings is 2. The molecule has 1 N–H and O–H groups in total.